The van der Waals surface area contributed by atoms with Gasteiger partial charge in [-0.05, 0) is 77.5 Å². The molecule has 0 saturated heterocycles. The number of ketones is 1. The molecule has 1 aliphatic carbocycles. The molecule has 2 aromatic carbocycles. The van der Waals surface area contributed by atoms with Crippen molar-refractivity contribution in [1.29, 1.82) is 0 Å². The van der Waals surface area contributed by atoms with E-state index >= 15 is 0 Å². The van der Waals surface area contributed by atoms with E-state index in [-0.39, 0.29) is 36.4 Å². The molecule has 37 heavy (non-hydrogen) atoms. The smallest absolute Gasteiger partial charge is 0.336 e. The van der Waals surface area contributed by atoms with Crippen molar-refractivity contribution in [2.24, 2.45) is 0 Å². The Morgan fingerprint density at radius 2 is 1.89 bits per heavy atom. The molecule has 196 valence electrons. The minimum atomic E-state index is -0.694. The number of phenolic OH excluding ortho intramolecular Hbond substituents is 1. The third kappa shape index (κ3) is 5.71. The number of nitrogens with one attached hydrogen (secondary N) is 1. The first kappa shape index (κ1) is 27.2. The Morgan fingerprint density at radius 1 is 1.16 bits per heavy atom. The Hall–Kier alpha value is -2.81. The Kier molecular flexibility index (Phi) is 8.62. The zero-order valence-electron chi connectivity index (χ0n) is 20.9. The molecular weight excluding hydrogens is 562 g/mol. The molecule has 7 nitrogen and oxygen atoms in total. The molecule has 2 atom stereocenters. The third-order valence-electron chi connectivity index (χ3n) is 6.66. The van der Waals surface area contributed by atoms with Crippen LogP contribution in [0.25, 0.3) is 0 Å². The first-order valence-corrected chi connectivity index (χ1v) is 13.2. The van der Waals surface area contributed by atoms with Crippen molar-refractivity contribution in [2.75, 3.05) is 26.9 Å². The average molecular weight is 591 g/mol. The standard InChI is InChI=1S/C28H29BrClNO6/c1-4-36-9-10-37-28(34)24-15(2)31-21-12-17(16-5-7-19(30)8-6-16)13-22(32)26(21)25(24)18-11-20(29)27(33)23(14-18)35-3/h5-8,11,14,17,25,31,33H,4,9-10,12-13H2,1-3H3/t17-,25-/m0/s1. The van der Waals surface area contributed by atoms with E-state index in [4.69, 9.17) is 25.8 Å². The molecule has 4 rings (SSSR count). The lowest BCUT2D eigenvalue weighted by atomic mass is 9.71. The van der Waals surface area contributed by atoms with Gasteiger partial charge in [0.2, 0.25) is 0 Å². The molecule has 2 aromatic rings. The number of rotatable bonds is 8. The van der Waals surface area contributed by atoms with Crippen molar-refractivity contribution in [2.45, 2.75) is 38.5 Å². The van der Waals surface area contributed by atoms with Gasteiger partial charge in [-0.15, -0.1) is 0 Å². The van der Waals surface area contributed by atoms with Crippen molar-refractivity contribution in [3.8, 4) is 11.5 Å². The van der Waals surface area contributed by atoms with Crippen molar-refractivity contribution in [3.63, 3.8) is 0 Å². The van der Waals surface area contributed by atoms with Crippen molar-refractivity contribution in [1.82, 2.24) is 5.32 Å². The molecule has 0 bridgehead atoms. The fourth-order valence-electron chi connectivity index (χ4n) is 4.95. The molecule has 2 aliphatic rings. The van der Waals surface area contributed by atoms with Gasteiger partial charge in [0.25, 0.3) is 0 Å². The number of aromatic hydroxyl groups is 1. The van der Waals surface area contributed by atoms with Crippen LogP contribution in [0.15, 0.2) is 63.4 Å². The summed E-state index contributed by atoms with van der Waals surface area (Å²) in [6.45, 7) is 4.56. The van der Waals surface area contributed by atoms with Gasteiger partial charge in [-0.3, -0.25) is 4.79 Å². The van der Waals surface area contributed by atoms with Crippen molar-refractivity contribution >= 4 is 39.3 Å². The lowest BCUT2D eigenvalue weighted by Crippen LogP contribution is -2.36. The lowest BCUT2D eigenvalue weighted by Gasteiger charge is -2.37. The molecular formula is C28H29BrClNO6. The molecule has 0 unspecified atom stereocenters. The van der Waals surface area contributed by atoms with E-state index in [9.17, 15) is 14.7 Å². The molecule has 1 aliphatic heterocycles. The summed E-state index contributed by atoms with van der Waals surface area (Å²) in [6, 6.07) is 10.9. The van der Waals surface area contributed by atoms with Crippen LogP contribution in [-0.2, 0) is 19.1 Å². The molecule has 0 spiro atoms. The number of carbonyl (C=O) groups excluding carboxylic acids is 2. The summed E-state index contributed by atoms with van der Waals surface area (Å²) in [4.78, 5) is 27.1. The van der Waals surface area contributed by atoms with Crippen LogP contribution in [0.2, 0.25) is 5.02 Å². The monoisotopic (exact) mass is 589 g/mol. The maximum absolute atomic E-state index is 13.7. The van der Waals surface area contributed by atoms with Crippen LogP contribution in [-0.4, -0.2) is 43.8 Å². The van der Waals surface area contributed by atoms with E-state index in [0.29, 0.717) is 51.4 Å². The van der Waals surface area contributed by atoms with E-state index in [0.717, 1.165) is 11.3 Å². The maximum Gasteiger partial charge on any atom is 0.336 e. The van der Waals surface area contributed by atoms with Crippen LogP contribution < -0.4 is 10.1 Å². The number of ether oxygens (including phenoxy) is 3. The predicted octanol–water partition coefficient (Wildman–Crippen LogP) is 5.76. The molecule has 1 heterocycles. The van der Waals surface area contributed by atoms with Crippen LogP contribution in [0.3, 0.4) is 0 Å². The van der Waals surface area contributed by atoms with Crippen LogP contribution in [0.1, 0.15) is 49.7 Å². The van der Waals surface area contributed by atoms with Crippen LogP contribution in [0, 0.1) is 0 Å². The van der Waals surface area contributed by atoms with Gasteiger partial charge in [0.15, 0.2) is 17.3 Å². The van der Waals surface area contributed by atoms with E-state index in [1.54, 1.807) is 19.1 Å². The average Bonchev–Trinajstić information content (AvgIpc) is 2.87. The lowest BCUT2D eigenvalue weighted by molar-refractivity contribution is -0.140. The van der Waals surface area contributed by atoms with Gasteiger partial charge in [0.1, 0.15) is 6.61 Å². The van der Waals surface area contributed by atoms with Gasteiger partial charge in [-0.1, -0.05) is 23.7 Å². The van der Waals surface area contributed by atoms with Gasteiger partial charge in [0.05, 0.1) is 23.8 Å². The highest BCUT2D eigenvalue weighted by Gasteiger charge is 2.42. The number of hydrogen-bond donors (Lipinski definition) is 2. The molecule has 2 N–H and O–H groups in total. The largest absolute Gasteiger partial charge is 0.503 e. The summed E-state index contributed by atoms with van der Waals surface area (Å²) in [5, 5.41) is 14.4. The summed E-state index contributed by atoms with van der Waals surface area (Å²) in [5.41, 5.74) is 3.90. The van der Waals surface area contributed by atoms with Gasteiger partial charge in [0, 0.05) is 40.9 Å². The fraction of sp³-hybridized carbons (Fsp3) is 0.357. The van der Waals surface area contributed by atoms with Crippen LogP contribution in [0.5, 0.6) is 11.5 Å². The first-order chi connectivity index (χ1) is 17.7. The van der Waals surface area contributed by atoms with Crippen LogP contribution >= 0.6 is 27.5 Å². The second kappa shape index (κ2) is 11.7. The number of esters is 1. The third-order valence-corrected chi connectivity index (χ3v) is 7.51. The number of halogens is 2. The van der Waals surface area contributed by atoms with E-state index in [1.807, 2.05) is 31.2 Å². The number of allylic oxidation sites excluding steroid dienone is 3. The number of dihydropyridines is 1. The Morgan fingerprint density at radius 3 is 2.57 bits per heavy atom. The summed E-state index contributed by atoms with van der Waals surface area (Å²) in [6.07, 6.45) is 0.889. The summed E-state index contributed by atoms with van der Waals surface area (Å²) >= 11 is 9.44. The predicted molar refractivity (Wildman–Crippen MR) is 144 cm³/mol. The molecule has 9 heteroatoms. The maximum atomic E-state index is 13.7. The summed E-state index contributed by atoms with van der Waals surface area (Å²) in [5.74, 6) is -1.14. The molecule has 0 fully saturated rings. The Balaban J connectivity index is 1.78. The normalized spacial score (nSPS) is 19.4. The van der Waals surface area contributed by atoms with E-state index < -0.39 is 11.9 Å². The first-order valence-electron chi connectivity index (χ1n) is 12.1. The number of phenols is 1. The zero-order chi connectivity index (χ0) is 26.7. The highest BCUT2D eigenvalue weighted by Crippen LogP contribution is 2.48. The number of benzene rings is 2. The molecule has 0 saturated carbocycles. The van der Waals surface area contributed by atoms with Gasteiger partial charge >= 0.3 is 5.97 Å². The quantitative estimate of drug-likeness (QED) is 0.298. The number of hydrogen-bond acceptors (Lipinski definition) is 7. The van der Waals surface area contributed by atoms with Crippen LogP contribution in [0.4, 0.5) is 0 Å². The Labute approximate surface area is 229 Å². The topological polar surface area (TPSA) is 94.1 Å². The highest BCUT2D eigenvalue weighted by atomic mass is 79.9. The summed E-state index contributed by atoms with van der Waals surface area (Å²) < 4.78 is 16.6. The minimum absolute atomic E-state index is 0.0229. The minimum Gasteiger partial charge on any atom is -0.503 e. The van der Waals surface area contributed by atoms with E-state index in [1.165, 1.54) is 7.11 Å². The highest BCUT2D eigenvalue weighted by molar-refractivity contribution is 9.10. The van der Waals surface area contributed by atoms with Gasteiger partial charge in [-0.25, -0.2) is 4.79 Å². The van der Waals surface area contributed by atoms with Gasteiger partial charge in [-0.2, -0.15) is 0 Å². The van der Waals surface area contributed by atoms with E-state index in [2.05, 4.69) is 21.2 Å². The number of Topliss-reactive ketones (excluding diaryl/α,β-unsaturated/α-hetero) is 1. The second-order valence-electron chi connectivity index (χ2n) is 8.96. The van der Waals surface area contributed by atoms with Crippen molar-refractivity contribution in [3.05, 3.63) is 79.6 Å². The molecule has 0 radical (unpaired) electrons. The van der Waals surface area contributed by atoms with Crippen molar-refractivity contribution < 1.29 is 28.9 Å². The number of methoxy groups -OCH3 is 1. The SMILES string of the molecule is CCOCCOC(=O)C1=C(C)NC2=C(C(=O)C[C@@H](c3ccc(Cl)cc3)C2)[C@H]1c1cc(Br)c(O)c(OC)c1. The fourth-order valence-corrected chi connectivity index (χ4v) is 5.53. The zero-order valence-corrected chi connectivity index (χ0v) is 23.2. The summed E-state index contributed by atoms with van der Waals surface area (Å²) in [7, 11) is 1.45. The molecule has 0 amide bonds. The van der Waals surface area contributed by atoms with Gasteiger partial charge < -0.3 is 24.6 Å². The second-order valence-corrected chi connectivity index (χ2v) is 10.2. The number of carbonyl (C=O) groups is 2. The Bertz CT molecular complexity index is 1270. The molecule has 0 aromatic heterocycles.